The Labute approximate surface area is 122 Å². The molecule has 0 unspecified atom stereocenters. The molecule has 0 aromatic heterocycles. The largest absolute Gasteiger partial charge is 0.382 e. The zero-order valence-corrected chi connectivity index (χ0v) is 12.8. The first-order chi connectivity index (χ1) is 9.16. The summed E-state index contributed by atoms with van der Waals surface area (Å²) in [5, 5.41) is 3.47. The fourth-order valence-electron chi connectivity index (χ4n) is 2.77. The number of benzene rings is 2. The number of hydrogen-bond acceptors (Lipinski definition) is 2. The smallest absolute Gasteiger partial charge is 0.0648 e. The third-order valence-corrected chi connectivity index (χ3v) is 4.10. The summed E-state index contributed by atoms with van der Waals surface area (Å²) < 4.78 is 1.11. The van der Waals surface area contributed by atoms with Crippen molar-refractivity contribution < 1.29 is 0 Å². The topological polar surface area (TPSA) is 15.3 Å². The molecule has 1 N–H and O–H groups in total. The predicted molar refractivity (Wildman–Crippen MR) is 85.6 cm³/mol. The number of halogens is 1. The highest BCUT2D eigenvalue weighted by atomic mass is 79.9. The molecule has 0 amide bonds. The van der Waals surface area contributed by atoms with Crippen molar-refractivity contribution in [3.05, 3.63) is 52.0 Å². The summed E-state index contributed by atoms with van der Waals surface area (Å²) in [6, 6.07) is 12.9. The molecule has 0 bridgehead atoms. The highest BCUT2D eigenvalue weighted by molar-refractivity contribution is 9.10. The van der Waals surface area contributed by atoms with Gasteiger partial charge in [0.15, 0.2) is 0 Å². The van der Waals surface area contributed by atoms with Crippen molar-refractivity contribution in [2.75, 3.05) is 23.3 Å². The molecule has 2 nitrogen and oxygen atoms in total. The van der Waals surface area contributed by atoms with Crippen LogP contribution < -0.4 is 10.2 Å². The van der Waals surface area contributed by atoms with Gasteiger partial charge in [0.25, 0.3) is 0 Å². The van der Waals surface area contributed by atoms with Crippen molar-refractivity contribution in [3.8, 4) is 0 Å². The maximum Gasteiger partial charge on any atom is 0.0648 e. The maximum atomic E-state index is 3.54. The normalized spacial score (nSPS) is 13.9. The van der Waals surface area contributed by atoms with E-state index >= 15 is 0 Å². The molecule has 1 aliphatic heterocycles. The molecular weight excluding hydrogens is 300 g/mol. The van der Waals surface area contributed by atoms with Crippen molar-refractivity contribution in [1.29, 1.82) is 0 Å². The predicted octanol–water partition coefficient (Wildman–Crippen LogP) is 4.63. The van der Waals surface area contributed by atoms with Crippen LogP contribution in [0.15, 0.2) is 40.9 Å². The van der Waals surface area contributed by atoms with Crippen molar-refractivity contribution >= 4 is 33.0 Å². The van der Waals surface area contributed by atoms with E-state index in [1.807, 2.05) is 0 Å². The minimum absolute atomic E-state index is 0.969. The van der Waals surface area contributed by atoms with E-state index in [9.17, 15) is 0 Å². The van der Waals surface area contributed by atoms with Crippen molar-refractivity contribution in [1.82, 2.24) is 0 Å². The Balaban J connectivity index is 2.14. The van der Waals surface area contributed by atoms with Crippen LogP contribution in [-0.4, -0.2) is 13.1 Å². The van der Waals surface area contributed by atoms with Crippen LogP contribution in [0.5, 0.6) is 0 Å². The van der Waals surface area contributed by atoms with Crippen LogP contribution in [0.25, 0.3) is 0 Å². The molecular formula is C16H17BrN2. The van der Waals surface area contributed by atoms with E-state index in [1.54, 1.807) is 0 Å². The van der Waals surface area contributed by atoms with Crippen LogP contribution in [0.3, 0.4) is 0 Å². The van der Waals surface area contributed by atoms with Gasteiger partial charge in [-0.15, -0.1) is 0 Å². The zero-order valence-electron chi connectivity index (χ0n) is 11.2. The first-order valence-electron chi connectivity index (χ1n) is 6.54. The summed E-state index contributed by atoms with van der Waals surface area (Å²) in [7, 11) is 0. The van der Waals surface area contributed by atoms with Gasteiger partial charge in [0, 0.05) is 23.2 Å². The Bertz CT molecular complexity index is 602. The van der Waals surface area contributed by atoms with Gasteiger partial charge in [-0.1, -0.05) is 34.1 Å². The monoisotopic (exact) mass is 316 g/mol. The fraction of sp³-hybridized carbons (Fsp3) is 0.250. The van der Waals surface area contributed by atoms with Crippen LogP contribution in [0.1, 0.15) is 11.1 Å². The molecule has 3 rings (SSSR count). The van der Waals surface area contributed by atoms with Gasteiger partial charge < -0.3 is 10.2 Å². The first-order valence-corrected chi connectivity index (χ1v) is 7.33. The second-order valence-electron chi connectivity index (χ2n) is 4.98. The summed E-state index contributed by atoms with van der Waals surface area (Å²) in [4.78, 5) is 2.42. The number of nitrogens with one attached hydrogen (secondary N) is 1. The van der Waals surface area contributed by atoms with E-state index < -0.39 is 0 Å². The maximum absolute atomic E-state index is 3.54. The minimum Gasteiger partial charge on any atom is -0.382 e. The van der Waals surface area contributed by atoms with Gasteiger partial charge in [-0.05, 0) is 43.2 Å². The van der Waals surface area contributed by atoms with Gasteiger partial charge in [-0.25, -0.2) is 0 Å². The Hall–Kier alpha value is -1.48. The second-order valence-corrected chi connectivity index (χ2v) is 5.90. The SMILES string of the molecule is Cc1cccc(C)c1N1CCNc2cc(Br)ccc21. The zero-order chi connectivity index (χ0) is 13.4. The highest BCUT2D eigenvalue weighted by Crippen LogP contribution is 2.38. The third-order valence-electron chi connectivity index (χ3n) is 3.61. The number of para-hydroxylation sites is 1. The molecule has 98 valence electrons. The molecule has 0 radical (unpaired) electrons. The molecule has 0 saturated heterocycles. The van der Waals surface area contributed by atoms with Gasteiger partial charge in [0.1, 0.15) is 0 Å². The van der Waals surface area contributed by atoms with Crippen molar-refractivity contribution in [2.24, 2.45) is 0 Å². The second kappa shape index (κ2) is 4.89. The van der Waals surface area contributed by atoms with Crippen molar-refractivity contribution in [3.63, 3.8) is 0 Å². The number of aryl methyl sites for hydroxylation is 2. The van der Waals surface area contributed by atoms with E-state index in [-0.39, 0.29) is 0 Å². The summed E-state index contributed by atoms with van der Waals surface area (Å²) in [5.41, 5.74) is 6.45. The molecule has 0 atom stereocenters. The third kappa shape index (κ3) is 2.23. The van der Waals surface area contributed by atoms with E-state index in [0.29, 0.717) is 0 Å². The Morgan fingerprint density at radius 3 is 2.58 bits per heavy atom. The van der Waals surface area contributed by atoms with Crippen LogP contribution in [0.2, 0.25) is 0 Å². The lowest BCUT2D eigenvalue weighted by molar-refractivity contribution is 0.917. The summed E-state index contributed by atoms with van der Waals surface area (Å²) in [6.07, 6.45) is 0. The van der Waals surface area contributed by atoms with Crippen LogP contribution >= 0.6 is 15.9 Å². The number of fused-ring (bicyclic) bond motifs is 1. The lowest BCUT2D eigenvalue weighted by atomic mass is 10.1. The number of anilines is 3. The lowest BCUT2D eigenvalue weighted by Crippen LogP contribution is -2.31. The number of nitrogens with zero attached hydrogens (tertiary/aromatic N) is 1. The van der Waals surface area contributed by atoms with E-state index in [1.165, 1.54) is 28.2 Å². The van der Waals surface area contributed by atoms with Gasteiger partial charge in [0.05, 0.1) is 11.4 Å². The molecule has 2 aromatic carbocycles. The van der Waals surface area contributed by atoms with Crippen LogP contribution in [0.4, 0.5) is 17.1 Å². The van der Waals surface area contributed by atoms with E-state index in [4.69, 9.17) is 0 Å². The molecule has 0 aliphatic carbocycles. The Morgan fingerprint density at radius 2 is 1.84 bits per heavy atom. The van der Waals surface area contributed by atoms with Gasteiger partial charge in [-0.3, -0.25) is 0 Å². The number of rotatable bonds is 1. The lowest BCUT2D eigenvalue weighted by Gasteiger charge is -2.34. The molecule has 1 heterocycles. The molecule has 0 saturated carbocycles. The van der Waals surface area contributed by atoms with Gasteiger partial charge in [-0.2, -0.15) is 0 Å². The average molecular weight is 317 g/mol. The molecule has 3 heteroatoms. The fourth-order valence-corrected chi connectivity index (χ4v) is 3.13. The number of hydrogen-bond donors (Lipinski definition) is 1. The Kier molecular flexibility index (Phi) is 3.23. The van der Waals surface area contributed by atoms with Crippen LogP contribution in [-0.2, 0) is 0 Å². The summed E-state index contributed by atoms with van der Waals surface area (Å²) >= 11 is 3.54. The van der Waals surface area contributed by atoms with E-state index in [0.717, 1.165) is 17.6 Å². The Morgan fingerprint density at radius 1 is 1.11 bits per heavy atom. The van der Waals surface area contributed by atoms with Gasteiger partial charge >= 0.3 is 0 Å². The molecule has 1 aliphatic rings. The average Bonchev–Trinajstić information content (AvgIpc) is 2.38. The van der Waals surface area contributed by atoms with E-state index in [2.05, 4.69) is 76.4 Å². The van der Waals surface area contributed by atoms with Gasteiger partial charge in [0.2, 0.25) is 0 Å². The first kappa shape index (κ1) is 12.5. The molecule has 19 heavy (non-hydrogen) atoms. The molecule has 0 spiro atoms. The summed E-state index contributed by atoms with van der Waals surface area (Å²) in [5.74, 6) is 0. The highest BCUT2D eigenvalue weighted by Gasteiger charge is 2.20. The standard InChI is InChI=1S/C16H17BrN2/c1-11-4-3-5-12(2)16(11)19-9-8-18-14-10-13(17)6-7-15(14)19/h3-7,10,18H,8-9H2,1-2H3. The minimum atomic E-state index is 0.969. The van der Waals surface area contributed by atoms with Crippen LogP contribution in [0, 0.1) is 13.8 Å². The molecule has 2 aromatic rings. The van der Waals surface area contributed by atoms with Crippen molar-refractivity contribution in [2.45, 2.75) is 13.8 Å². The molecule has 0 fully saturated rings. The summed E-state index contributed by atoms with van der Waals surface area (Å²) in [6.45, 7) is 6.34. The quantitative estimate of drug-likeness (QED) is 0.825.